The molecule has 2 aromatic carbocycles. The zero-order chi connectivity index (χ0) is 20.2. The lowest BCUT2D eigenvalue weighted by atomic mass is 10.0. The van der Waals surface area contributed by atoms with Gasteiger partial charge in [0.15, 0.2) is 17.2 Å². The molecule has 3 aromatic rings. The second-order valence-corrected chi connectivity index (χ2v) is 6.65. The number of nitrogens with zero attached hydrogens (tertiary/aromatic N) is 3. The van der Waals surface area contributed by atoms with E-state index in [-0.39, 0.29) is 5.91 Å². The van der Waals surface area contributed by atoms with E-state index in [1.54, 1.807) is 23.8 Å². The number of amides is 1. The molecular formula is C22H23N3O4. The lowest BCUT2D eigenvalue weighted by Crippen LogP contribution is -2.41. The molecule has 0 unspecified atom stereocenters. The Bertz CT molecular complexity index is 995. The van der Waals surface area contributed by atoms with Crippen LogP contribution in [-0.4, -0.2) is 61.1 Å². The van der Waals surface area contributed by atoms with E-state index in [1.807, 2.05) is 54.7 Å². The van der Waals surface area contributed by atoms with E-state index in [4.69, 9.17) is 14.2 Å². The van der Waals surface area contributed by atoms with Gasteiger partial charge in [-0.15, -0.1) is 0 Å². The predicted octanol–water partition coefficient (Wildman–Crippen LogP) is 3.03. The largest absolute Gasteiger partial charge is 0.493 e. The van der Waals surface area contributed by atoms with Gasteiger partial charge >= 0.3 is 0 Å². The summed E-state index contributed by atoms with van der Waals surface area (Å²) in [6.45, 7) is 2.19. The summed E-state index contributed by atoms with van der Waals surface area (Å²) in [7, 11) is 3.19. The summed E-state index contributed by atoms with van der Waals surface area (Å²) in [6.07, 6.45) is 1.88. The number of aromatic nitrogens is 2. The molecule has 4 rings (SSSR count). The third kappa shape index (κ3) is 3.82. The van der Waals surface area contributed by atoms with Crippen LogP contribution in [0, 0.1) is 0 Å². The summed E-state index contributed by atoms with van der Waals surface area (Å²) in [6, 6.07) is 15.3. The Balaban J connectivity index is 1.81. The van der Waals surface area contributed by atoms with Gasteiger partial charge in [-0.25, -0.2) is 4.68 Å². The number of rotatable bonds is 5. The average Bonchev–Trinajstić information content (AvgIpc) is 3.24. The van der Waals surface area contributed by atoms with Crippen molar-refractivity contribution in [2.24, 2.45) is 0 Å². The Morgan fingerprint density at radius 2 is 1.72 bits per heavy atom. The molecule has 150 valence electrons. The second-order valence-electron chi connectivity index (χ2n) is 6.65. The molecule has 0 spiro atoms. The predicted molar refractivity (Wildman–Crippen MR) is 109 cm³/mol. The maximum absolute atomic E-state index is 13.3. The van der Waals surface area contributed by atoms with Gasteiger partial charge in [0.1, 0.15) is 0 Å². The highest BCUT2D eigenvalue weighted by Crippen LogP contribution is 2.34. The van der Waals surface area contributed by atoms with Crippen LogP contribution in [0.4, 0.5) is 0 Å². The van der Waals surface area contributed by atoms with Crippen LogP contribution in [-0.2, 0) is 4.74 Å². The van der Waals surface area contributed by atoms with E-state index in [1.165, 1.54) is 0 Å². The Morgan fingerprint density at radius 1 is 1.00 bits per heavy atom. The Labute approximate surface area is 169 Å². The van der Waals surface area contributed by atoms with Gasteiger partial charge in [0, 0.05) is 24.8 Å². The molecule has 0 saturated carbocycles. The molecule has 0 atom stereocenters. The smallest absolute Gasteiger partial charge is 0.275 e. The molecule has 7 nitrogen and oxygen atoms in total. The third-order valence-corrected chi connectivity index (χ3v) is 4.93. The van der Waals surface area contributed by atoms with Crippen molar-refractivity contribution in [2.75, 3.05) is 40.5 Å². The monoisotopic (exact) mass is 393 g/mol. The van der Waals surface area contributed by atoms with Gasteiger partial charge in [0.05, 0.1) is 33.1 Å². The van der Waals surface area contributed by atoms with Gasteiger partial charge in [-0.3, -0.25) is 4.79 Å². The van der Waals surface area contributed by atoms with Crippen molar-refractivity contribution in [1.82, 2.24) is 14.7 Å². The number of hydrogen-bond donors (Lipinski definition) is 0. The van der Waals surface area contributed by atoms with Crippen molar-refractivity contribution in [3.05, 3.63) is 60.4 Å². The molecule has 1 aromatic heterocycles. The van der Waals surface area contributed by atoms with Crippen LogP contribution in [0.25, 0.3) is 16.8 Å². The highest BCUT2D eigenvalue weighted by Gasteiger charge is 2.25. The standard InChI is InChI=1S/C22H23N3O4/c1-27-19-9-8-16(14-20(19)28-2)18-15-25(17-6-4-3-5-7-17)23-21(18)22(26)24-10-12-29-13-11-24/h3-9,14-15H,10-13H2,1-2H3. The SMILES string of the molecule is COc1ccc(-c2cn(-c3ccccc3)nc2C(=O)N2CCOCC2)cc1OC. The van der Waals surface area contributed by atoms with E-state index in [0.717, 1.165) is 16.8 Å². The Morgan fingerprint density at radius 3 is 2.41 bits per heavy atom. The molecule has 1 amide bonds. The normalized spacial score (nSPS) is 13.9. The topological polar surface area (TPSA) is 65.8 Å². The van der Waals surface area contributed by atoms with Crippen molar-refractivity contribution >= 4 is 5.91 Å². The number of hydrogen-bond acceptors (Lipinski definition) is 5. The zero-order valence-electron chi connectivity index (χ0n) is 16.5. The highest BCUT2D eigenvalue weighted by molar-refractivity contribution is 5.99. The van der Waals surface area contributed by atoms with Crippen LogP contribution in [0.2, 0.25) is 0 Å². The molecule has 1 aliphatic heterocycles. The quantitative estimate of drug-likeness (QED) is 0.667. The molecule has 1 aliphatic rings. The van der Waals surface area contributed by atoms with Crippen LogP contribution in [0.1, 0.15) is 10.5 Å². The zero-order valence-corrected chi connectivity index (χ0v) is 16.5. The van der Waals surface area contributed by atoms with Crippen molar-refractivity contribution < 1.29 is 19.0 Å². The van der Waals surface area contributed by atoms with Crippen LogP contribution in [0.5, 0.6) is 11.5 Å². The Hall–Kier alpha value is -3.32. The summed E-state index contributed by atoms with van der Waals surface area (Å²) in [4.78, 5) is 15.0. The van der Waals surface area contributed by atoms with Crippen molar-refractivity contribution in [3.8, 4) is 28.3 Å². The summed E-state index contributed by atoms with van der Waals surface area (Å²) < 4.78 is 17.9. The number of methoxy groups -OCH3 is 2. The molecule has 29 heavy (non-hydrogen) atoms. The fraction of sp³-hybridized carbons (Fsp3) is 0.273. The van der Waals surface area contributed by atoms with E-state index < -0.39 is 0 Å². The molecule has 0 bridgehead atoms. The lowest BCUT2D eigenvalue weighted by molar-refractivity contribution is 0.0299. The lowest BCUT2D eigenvalue weighted by Gasteiger charge is -2.26. The molecule has 0 N–H and O–H groups in total. The van der Waals surface area contributed by atoms with Crippen LogP contribution < -0.4 is 9.47 Å². The minimum Gasteiger partial charge on any atom is -0.493 e. The van der Waals surface area contributed by atoms with E-state index in [0.29, 0.717) is 43.5 Å². The van der Waals surface area contributed by atoms with Crippen molar-refractivity contribution in [3.63, 3.8) is 0 Å². The summed E-state index contributed by atoms with van der Waals surface area (Å²) in [5.41, 5.74) is 2.87. The molecule has 1 fully saturated rings. The molecule has 1 saturated heterocycles. The minimum absolute atomic E-state index is 0.104. The van der Waals surface area contributed by atoms with Gasteiger partial charge in [0.2, 0.25) is 0 Å². The highest BCUT2D eigenvalue weighted by atomic mass is 16.5. The second kappa shape index (κ2) is 8.36. The average molecular weight is 393 g/mol. The fourth-order valence-corrected chi connectivity index (χ4v) is 3.38. The van der Waals surface area contributed by atoms with Crippen LogP contribution in [0.15, 0.2) is 54.7 Å². The van der Waals surface area contributed by atoms with E-state index in [2.05, 4.69) is 5.10 Å². The number of ether oxygens (including phenoxy) is 3. The molecule has 7 heteroatoms. The molecule has 0 radical (unpaired) electrons. The molecule has 2 heterocycles. The first-order valence-corrected chi connectivity index (χ1v) is 9.46. The van der Waals surface area contributed by atoms with Gasteiger partial charge in [-0.05, 0) is 29.8 Å². The van der Waals surface area contributed by atoms with E-state index in [9.17, 15) is 4.79 Å². The van der Waals surface area contributed by atoms with Crippen molar-refractivity contribution in [1.29, 1.82) is 0 Å². The van der Waals surface area contributed by atoms with Gasteiger partial charge in [0.25, 0.3) is 5.91 Å². The maximum Gasteiger partial charge on any atom is 0.275 e. The number of morpholine rings is 1. The first-order valence-electron chi connectivity index (χ1n) is 9.46. The number of carbonyl (C=O) groups is 1. The minimum atomic E-state index is -0.104. The molecular weight excluding hydrogens is 370 g/mol. The summed E-state index contributed by atoms with van der Waals surface area (Å²) >= 11 is 0. The van der Waals surface area contributed by atoms with Crippen LogP contribution >= 0.6 is 0 Å². The Kier molecular flexibility index (Phi) is 5.48. The first kappa shape index (κ1) is 19.0. The van der Waals surface area contributed by atoms with Gasteiger partial charge in [-0.2, -0.15) is 5.10 Å². The van der Waals surface area contributed by atoms with Crippen LogP contribution in [0.3, 0.4) is 0 Å². The summed E-state index contributed by atoms with van der Waals surface area (Å²) in [5, 5.41) is 4.64. The number of benzene rings is 2. The summed E-state index contributed by atoms with van der Waals surface area (Å²) in [5.74, 6) is 1.13. The van der Waals surface area contributed by atoms with Crippen molar-refractivity contribution in [2.45, 2.75) is 0 Å². The molecule has 0 aliphatic carbocycles. The van der Waals surface area contributed by atoms with Gasteiger partial charge in [-0.1, -0.05) is 24.3 Å². The van der Waals surface area contributed by atoms with Gasteiger partial charge < -0.3 is 19.1 Å². The maximum atomic E-state index is 13.3. The first-order chi connectivity index (χ1) is 14.2. The number of carbonyl (C=O) groups excluding carboxylic acids is 1. The number of para-hydroxylation sites is 1. The third-order valence-electron chi connectivity index (χ3n) is 4.93. The van der Waals surface area contributed by atoms with E-state index >= 15 is 0 Å². The fourth-order valence-electron chi connectivity index (χ4n) is 3.38.